The Kier molecular flexibility index (Phi) is 4.27. The van der Waals surface area contributed by atoms with Gasteiger partial charge < -0.3 is 0 Å². The average Bonchev–Trinajstić information content (AvgIpc) is 1.37. The molecule has 0 rings (SSSR count). The van der Waals surface area contributed by atoms with Gasteiger partial charge in [0.1, 0.15) is 0 Å². The van der Waals surface area contributed by atoms with Crippen molar-refractivity contribution in [2.24, 2.45) is 0 Å². The summed E-state index contributed by atoms with van der Waals surface area (Å²) in [5.41, 5.74) is 0. The molecule has 18 valence electrons. The first-order valence-corrected chi connectivity index (χ1v) is 1.91. The Hall–Kier alpha value is 0.662. The predicted octanol–water partition coefficient (Wildman–Crippen LogP) is -0.0554. The van der Waals surface area contributed by atoms with E-state index in [0.717, 1.165) is 0 Å². The van der Waals surface area contributed by atoms with E-state index in [4.69, 9.17) is 0 Å². The van der Waals surface area contributed by atoms with Gasteiger partial charge in [0.15, 0.2) is 0 Å². The maximum absolute atomic E-state index is 2.18. The topological polar surface area (TPSA) is 0 Å². The van der Waals surface area contributed by atoms with Crippen molar-refractivity contribution in [1.29, 1.82) is 0 Å². The molecule has 0 aliphatic rings. The summed E-state index contributed by atoms with van der Waals surface area (Å²) in [5, 5.41) is 0. The molecule has 0 aromatic heterocycles. The zero-order valence-electron chi connectivity index (χ0n) is 3.41. The molecule has 0 aromatic carbocycles. The van der Waals surface area contributed by atoms with Gasteiger partial charge in [-0.2, -0.15) is 0 Å². The second-order valence-electron chi connectivity index (χ2n) is 1.000. The molecule has 0 aliphatic heterocycles. The molecule has 0 saturated heterocycles. The monoisotopic (exact) mass is 48.1 g/mol. The molecule has 0 aromatic rings. The predicted molar refractivity (Wildman–Crippen MR) is 23.4 cm³/mol. The van der Waals surface area contributed by atoms with Gasteiger partial charge in [-0.3, -0.25) is 0 Å². The van der Waals surface area contributed by atoms with Crippen molar-refractivity contribution in [2.75, 3.05) is 0 Å². The van der Waals surface area contributed by atoms with Gasteiger partial charge in [-0.15, -0.1) is 0 Å². The SMILES string of the molecule is [Li][BH]CC. The fourth-order valence-electron chi connectivity index (χ4n) is 0. The number of hydrogen-bond donors (Lipinski definition) is 0. The summed E-state index contributed by atoms with van der Waals surface area (Å²) in [5.74, 6) is 1.32. The molecule has 0 radical (unpaired) electrons. The first-order chi connectivity index (χ1) is 1.91. The summed E-state index contributed by atoms with van der Waals surface area (Å²) < 4.78 is 0. The molecule has 2 heteroatoms. The van der Waals surface area contributed by atoms with Crippen LogP contribution in [0.4, 0.5) is 0 Å². The summed E-state index contributed by atoms with van der Waals surface area (Å²) in [4.78, 5) is 0. The summed E-state index contributed by atoms with van der Waals surface area (Å²) in [6.45, 7) is 2.18. The second-order valence-corrected chi connectivity index (χ2v) is 1.000. The minimum absolute atomic E-state index is 1.32. The van der Waals surface area contributed by atoms with E-state index in [-0.39, 0.29) is 0 Å². The van der Waals surface area contributed by atoms with Crippen molar-refractivity contribution in [3.05, 3.63) is 0 Å². The maximum atomic E-state index is 2.18. The molecule has 0 amide bonds. The first-order valence-electron chi connectivity index (χ1n) is 1.91. The Morgan fingerprint density at radius 1 is 2.00 bits per heavy atom. The van der Waals surface area contributed by atoms with Crippen LogP contribution in [0.15, 0.2) is 0 Å². The van der Waals surface area contributed by atoms with Crippen molar-refractivity contribution >= 4 is 23.4 Å². The van der Waals surface area contributed by atoms with E-state index in [1.165, 1.54) is 12.2 Å². The van der Waals surface area contributed by atoms with Gasteiger partial charge >= 0.3 is 36.6 Å². The van der Waals surface area contributed by atoms with Gasteiger partial charge in [0.2, 0.25) is 0 Å². The van der Waals surface area contributed by atoms with E-state index < -0.39 is 0 Å². The summed E-state index contributed by atoms with van der Waals surface area (Å²) >= 11 is 2.18. The van der Waals surface area contributed by atoms with Crippen molar-refractivity contribution in [3.63, 3.8) is 0 Å². The Bertz CT molecular complexity index is 8.00. The Labute approximate surface area is 37.2 Å². The van der Waals surface area contributed by atoms with Crippen LogP contribution in [0.5, 0.6) is 0 Å². The fourth-order valence-corrected chi connectivity index (χ4v) is 0. The molecule has 0 nitrogen and oxygen atoms in total. The molecule has 4 heavy (non-hydrogen) atoms. The van der Waals surface area contributed by atoms with Gasteiger partial charge in [0.25, 0.3) is 0 Å². The van der Waals surface area contributed by atoms with E-state index in [9.17, 15) is 0 Å². The van der Waals surface area contributed by atoms with E-state index in [2.05, 4.69) is 24.5 Å². The number of hydrogen-bond acceptors (Lipinski definition) is 0. The third-order valence-electron chi connectivity index (χ3n) is 0.500. The minimum atomic E-state index is 1.32. The van der Waals surface area contributed by atoms with Crippen LogP contribution in [0.25, 0.3) is 0 Å². The molecule has 0 heterocycles. The van der Waals surface area contributed by atoms with Crippen LogP contribution >= 0.6 is 0 Å². The van der Waals surface area contributed by atoms with Crippen molar-refractivity contribution < 1.29 is 0 Å². The average molecular weight is 47.8 g/mol. The normalized spacial score (nSPS) is 6.75. The van der Waals surface area contributed by atoms with Crippen LogP contribution in [0, 0.1) is 0 Å². The molecule has 0 spiro atoms. The van der Waals surface area contributed by atoms with Gasteiger partial charge in [-0.25, -0.2) is 0 Å². The molecular weight excluding hydrogens is 41.8 g/mol. The van der Waals surface area contributed by atoms with Crippen molar-refractivity contribution in [2.45, 2.75) is 13.2 Å². The van der Waals surface area contributed by atoms with Gasteiger partial charge in [0, 0.05) is 0 Å². The van der Waals surface area contributed by atoms with E-state index in [1.807, 2.05) is 0 Å². The molecular formula is C2H6BLi. The number of rotatable bonds is 1. The fraction of sp³-hybridized carbons (Fsp3) is 1.00. The van der Waals surface area contributed by atoms with Crippen molar-refractivity contribution in [1.82, 2.24) is 0 Å². The summed E-state index contributed by atoms with van der Waals surface area (Å²) in [6.07, 6.45) is 1.32. The quantitative estimate of drug-likeness (QED) is 0.364. The molecule has 0 atom stereocenters. The van der Waals surface area contributed by atoms with E-state index in [0.29, 0.717) is 0 Å². The Morgan fingerprint density at radius 3 is 2.25 bits per heavy atom. The standard InChI is InChI=1S/C2H6B.Li/c1-2-3;/h3H,2H2,1H3;/q+1;-1. The van der Waals surface area contributed by atoms with Gasteiger partial charge in [-0.1, -0.05) is 0 Å². The Morgan fingerprint density at radius 2 is 2.25 bits per heavy atom. The molecule has 0 unspecified atom stereocenters. The third kappa shape index (κ3) is 2.66. The second kappa shape index (κ2) is 3.66. The molecule has 0 aliphatic carbocycles. The Balaban J connectivity index is 1.97. The summed E-state index contributed by atoms with van der Waals surface area (Å²) in [7, 11) is 0. The molecule has 0 fully saturated rings. The van der Waals surface area contributed by atoms with Crippen LogP contribution in [-0.2, 0) is 0 Å². The van der Waals surface area contributed by atoms with Crippen LogP contribution in [0.3, 0.4) is 0 Å². The van der Waals surface area contributed by atoms with Crippen molar-refractivity contribution in [3.8, 4) is 0 Å². The first kappa shape index (κ1) is 4.66. The molecule has 0 bridgehead atoms. The van der Waals surface area contributed by atoms with Crippen LogP contribution in [0.1, 0.15) is 6.92 Å². The van der Waals surface area contributed by atoms with Gasteiger partial charge in [0.05, 0.1) is 0 Å². The zero-order chi connectivity index (χ0) is 3.41. The summed E-state index contributed by atoms with van der Waals surface area (Å²) in [6, 6.07) is 0. The van der Waals surface area contributed by atoms with Crippen LogP contribution < -0.4 is 0 Å². The third-order valence-corrected chi connectivity index (χ3v) is 0.500. The molecule has 0 N–H and O–H groups in total. The zero-order valence-corrected chi connectivity index (χ0v) is 3.41. The van der Waals surface area contributed by atoms with E-state index in [1.54, 1.807) is 0 Å². The van der Waals surface area contributed by atoms with Gasteiger partial charge in [-0.05, 0) is 0 Å². The van der Waals surface area contributed by atoms with Crippen LogP contribution in [0.2, 0.25) is 6.32 Å². The van der Waals surface area contributed by atoms with Crippen LogP contribution in [-0.4, -0.2) is 23.4 Å². The van der Waals surface area contributed by atoms with E-state index >= 15 is 0 Å². The molecule has 0 saturated carbocycles.